The van der Waals surface area contributed by atoms with E-state index in [1.54, 1.807) is 0 Å². The third-order valence-electron chi connectivity index (χ3n) is 3.14. The molecular formula is C12H19BrN4O2. The first-order valence-corrected chi connectivity index (χ1v) is 6.99. The lowest BCUT2D eigenvalue weighted by molar-refractivity contribution is -0.385. The van der Waals surface area contributed by atoms with Gasteiger partial charge in [0.25, 0.3) is 5.69 Å². The van der Waals surface area contributed by atoms with E-state index < -0.39 is 4.92 Å². The van der Waals surface area contributed by atoms with E-state index in [-0.39, 0.29) is 5.69 Å². The normalized spacial score (nSPS) is 12.5. The molecule has 0 aliphatic carbocycles. The monoisotopic (exact) mass is 330 g/mol. The summed E-state index contributed by atoms with van der Waals surface area (Å²) in [4.78, 5) is 16.4. The minimum atomic E-state index is -0.460. The second kappa shape index (κ2) is 7.40. The maximum absolute atomic E-state index is 10.6. The lowest BCUT2D eigenvalue weighted by Crippen LogP contribution is -2.32. The standard InChI is InChI=1S/C12H19BrN4O2/c1-4-9(2)16(3)6-5-14-12-11(13)7-10(8-15-12)17(18)19/h7-9H,4-6H2,1-3H3,(H,14,15). The molecule has 0 bridgehead atoms. The molecular weight excluding hydrogens is 312 g/mol. The summed E-state index contributed by atoms with van der Waals surface area (Å²) >= 11 is 3.28. The summed E-state index contributed by atoms with van der Waals surface area (Å²) in [6.45, 7) is 5.97. The van der Waals surface area contributed by atoms with Gasteiger partial charge in [-0.1, -0.05) is 6.92 Å². The highest BCUT2D eigenvalue weighted by Crippen LogP contribution is 2.24. The molecule has 1 heterocycles. The Kier molecular flexibility index (Phi) is 6.17. The van der Waals surface area contributed by atoms with Crippen molar-refractivity contribution >= 4 is 27.4 Å². The number of pyridine rings is 1. The number of nitro groups is 1. The Bertz CT molecular complexity index is 442. The minimum absolute atomic E-state index is 0.0193. The predicted molar refractivity (Wildman–Crippen MR) is 79.5 cm³/mol. The van der Waals surface area contributed by atoms with Crippen molar-refractivity contribution in [3.05, 3.63) is 26.9 Å². The summed E-state index contributed by atoms with van der Waals surface area (Å²) in [7, 11) is 2.08. The van der Waals surface area contributed by atoms with Crippen LogP contribution >= 0.6 is 15.9 Å². The van der Waals surface area contributed by atoms with Crippen molar-refractivity contribution in [3.63, 3.8) is 0 Å². The predicted octanol–water partition coefficient (Wildman–Crippen LogP) is 2.89. The van der Waals surface area contributed by atoms with E-state index in [9.17, 15) is 10.1 Å². The first-order valence-electron chi connectivity index (χ1n) is 6.19. The van der Waals surface area contributed by atoms with Crippen LogP contribution in [0.15, 0.2) is 16.7 Å². The number of rotatable bonds is 7. The Balaban J connectivity index is 2.52. The van der Waals surface area contributed by atoms with Crippen LogP contribution in [0.4, 0.5) is 11.5 Å². The van der Waals surface area contributed by atoms with Gasteiger partial charge in [-0.15, -0.1) is 0 Å². The van der Waals surface area contributed by atoms with E-state index in [4.69, 9.17) is 0 Å². The molecule has 0 aliphatic rings. The molecule has 0 spiro atoms. The number of nitrogens with one attached hydrogen (secondary N) is 1. The molecule has 1 atom stereocenters. The molecule has 0 saturated carbocycles. The van der Waals surface area contributed by atoms with Gasteiger partial charge < -0.3 is 10.2 Å². The zero-order chi connectivity index (χ0) is 14.4. The van der Waals surface area contributed by atoms with Crippen LogP contribution < -0.4 is 5.32 Å². The second-order valence-corrected chi connectivity index (χ2v) is 5.30. The van der Waals surface area contributed by atoms with Crippen molar-refractivity contribution in [1.82, 2.24) is 9.88 Å². The van der Waals surface area contributed by atoms with Crippen LogP contribution in [0.2, 0.25) is 0 Å². The van der Waals surface area contributed by atoms with Gasteiger partial charge in [0.15, 0.2) is 0 Å². The van der Waals surface area contributed by atoms with Gasteiger partial charge in [-0.05, 0) is 36.3 Å². The largest absolute Gasteiger partial charge is 0.368 e. The number of hydrogen-bond donors (Lipinski definition) is 1. The van der Waals surface area contributed by atoms with Crippen molar-refractivity contribution in [1.29, 1.82) is 0 Å². The number of likely N-dealkylation sites (N-methyl/N-ethyl adjacent to an activating group) is 1. The van der Waals surface area contributed by atoms with E-state index in [1.165, 1.54) is 12.3 Å². The molecule has 1 aromatic heterocycles. The average Bonchev–Trinajstić information content (AvgIpc) is 2.39. The fourth-order valence-corrected chi connectivity index (χ4v) is 2.02. The Hall–Kier alpha value is -1.21. The van der Waals surface area contributed by atoms with Crippen LogP contribution in [-0.2, 0) is 0 Å². The molecule has 1 aromatic rings. The Morgan fingerprint density at radius 2 is 2.32 bits per heavy atom. The van der Waals surface area contributed by atoms with Crippen molar-refractivity contribution in [2.45, 2.75) is 26.3 Å². The van der Waals surface area contributed by atoms with Gasteiger partial charge in [0.1, 0.15) is 12.0 Å². The van der Waals surface area contributed by atoms with E-state index in [2.05, 4.69) is 52.0 Å². The zero-order valence-corrected chi connectivity index (χ0v) is 13.0. The molecule has 1 unspecified atom stereocenters. The van der Waals surface area contributed by atoms with Gasteiger partial charge in [0.2, 0.25) is 0 Å². The number of nitrogens with zero attached hydrogens (tertiary/aromatic N) is 3. The Morgan fingerprint density at radius 1 is 1.63 bits per heavy atom. The molecule has 6 nitrogen and oxygen atoms in total. The first-order chi connectivity index (χ1) is 8.95. The van der Waals surface area contributed by atoms with Crippen LogP contribution in [0, 0.1) is 10.1 Å². The van der Waals surface area contributed by atoms with Gasteiger partial charge in [-0.3, -0.25) is 10.1 Å². The van der Waals surface area contributed by atoms with E-state index in [0.29, 0.717) is 16.3 Å². The quantitative estimate of drug-likeness (QED) is 0.614. The first kappa shape index (κ1) is 15.8. The summed E-state index contributed by atoms with van der Waals surface area (Å²) in [5.74, 6) is 0.628. The molecule has 0 aromatic carbocycles. The van der Waals surface area contributed by atoms with E-state index >= 15 is 0 Å². The van der Waals surface area contributed by atoms with Crippen LogP contribution in [0.25, 0.3) is 0 Å². The molecule has 1 N–H and O–H groups in total. The molecule has 0 amide bonds. The molecule has 0 saturated heterocycles. The van der Waals surface area contributed by atoms with Crippen molar-refractivity contribution < 1.29 is 4.92 Å². The Labute approximate surface area is 121 Å². The smallest absolute Gasteiger partial charge is 0.288 e. The van der Waals surface area contributed by atoms with Gasteiger partial charge in [-0.25, -0.2) is 4.98 Å². The molecule has 1 rings (SSSR count). The van der Waals surface area contributed by atoms with Crippen molar-refractivity contribution in [2.24, 2.45) is 0 Å². The summed E-state index contributed by atoms with van der Waals surface area (Å²) in [6, 6.07) is 1.99. The highest BCUT2D eigenvalue weighted by atomic mass is 79.9. The van der Waals surface area contributed by atoms with Gasteiger partial charge >= 0.3 is 0 Å². The third-order valence-corrected chi connectivity index (χ3v) is 3.74. The molecule has 0 fully saturated rings. The maximum Gasteiger partial charge on any atom is 0.288 e. The number of hydrogen-bond acceptors (Lipinski definition) is 5. The average molecular weight is 331 g/mol. The van der Waals surface area contributed by atoms with Crippen molar-refractivity contribution in [3.8, 4) is 0 Å². The molecule has 19 heavy (non-hydrogen) atoms. The van der Waals surface area contributed by atoms with E-state index in [1.807, 2.05) is 0 Å². The van der Waals surface area contributed by atoms with Crippen molar-refractivity contribution in [2.75, 3.05) is 25.5 Å². The van der Waals surface area contributed by atoms with Gasteiger partial charge in [0, 0.05) is 25.2 Å². The van der Waals surface area contributed by atoms with Crippen LogP contribution in [-0.4, -0.2) is 41.0 Å². The zero-order valence-electron chi connectivity index (χ0n) is 11.4. The third kappa shape index (κ3) is 4.76. The lowest BCUT2D eigenvalue weighted by atomic mass is 10.2. The number of anilines is 1. The molecule has 0 aliphatic heterocycles. The highest BCUT2D eigenvalue weighted by Gasteiger charge is 2.11. The van der Waals surface area contributed by atoms with Crippen LogP contribution in [0.3, 0.4) is 0 Å². The number of halogens is 1. The number of aromatic nitrogens is 1. The topological polar surface area (TPSA) is 71.3 Å². The minimum Gasteiger partial charge on any atom is -0.368 e. The fourth-order valence-electron chi connectivity index (χ4n) is 1.54. The second-order valence-electron chi connectivity index (χ2n) is 4.45. The van der Waals surface area contributed by atoms with Crippen LogP contribution in [0.5, 0.6) is 0 Å². The van der Waals surface area contributed by atoms with Crippen LogP contribution in [0.1, 0.15) is 20.3 Å². The summed E-state index contributed by atoms with van der Waals surface area (Å²) < 4.78 is 0.605. The highest BCUT2D eigenvalue weighted by molar-refractivity contribution is 9.10. The SMILES string of the molecule is CCC(C)N(C)CCNc1ncc([N+](=O)[O-])cc1Br. The van der Waals surface area contributed by atoms with Gasteiger partial charge in [-0.2, -0.15) is 0 Å². The summed E-state index contributed by atoms with van der Waals surface area (Å²) in [6.07, 6.45) is 2.36. The lowest BCUT2D eigenvalue weighted by Gasteiger charge is -2.23. The van der Waals surface area contributed by atoms with Gasteiger partial charge in [0.05, 0.1) is 9.40 Å². The summed E-state index contributed by atoms with van der Waals surface area (Å²) in [5.41, 5.74) is -0.0193. The molecule has 7 heteroatoms. The maximum atomic E-state index is 10.6. The molecule has 106 valence electrons. The fraction of sp³-hybridized carbons (Fsp3) is 0.583. The summed E-state index contributed by atoms with van der Waals surface area (Å²) in [5, 5.41) is 13.8. The molecule has 0 radical (unpaired) electrons. The Morgan fingerprint density at radius 3 is 2.84 bits per heavy atom. The van der Waals surface area contributed by atoms with E-state index in [0.717, 1.165) is 19.5 Å².